The second kappa shape index (κ2) is 4.06. The summed E-state index contributed by atoms with van der Waals surface area (Å²) in [6.07, 6.45) is -0.162. The molecule has 1 amide bonds. The van der Waals surface area contributed by atoms with E-state index in [1.165, 1.54) is 4.90 Å². The Hall–Kier alpha value is -1.50. The molecule has 1 aromatic heterocycles. The number of carboxylic acid groups (broad SMARTS) is 1. The minimum atomic E-state index is -2.31. The number of halogens is 1. The van der Waals surface area contributed by atoms with Gasteiger partial charge in [-0.05, 0) is 18.5 Å². The molecule has 0 spiro atoms. The van der Waals surface area contributed by atoms with Crippen LogP contribution >= 0.6 is 11.5 Å². The SMILES string of the molecule is Cc1nscc1C(=O)N1CC[C@](F)(C(=O)O)C1. The minimum Gasteiger partial charge on any atom is -0.479 e. The van der Waals surface area contributed by atoms with Crippen molar-refractivity contribution in [3.63, 3.8) is 0 Å². The average Bonchev–Trinajstić information content (AvgIpc) is 2.85. The number of hydrogen-bond acceptors (Lipinski definition) is 4. The first-order chi connectivity index (χ1) is 7.94. The lowest BCUT2D eigenvalue weighted by Crippen LogP contribution is -2.39. The van der Waals surface area contributed by atoms with Crippen LogP contribution in [0.2, 0.25) is 0 Å². The van der Waals surface area contributed by atoms with Crippen molar-refractivity contribution >= 4 is 23.4 Å². The number of nitrogens with zero attached hydrogens (tertiary/aromatic N) is 2. The molecule has 0 aliphatic carbocycles. The number of alkyl halides is 1. The molecule has 1 aromatic rings. The van der Waals surface area contributed by atoms with E-state index < -0.39 is 18.2 Å². The predicted molar refractivity (Wildman–Crippen MR) is 58.8 cm³/mol. The van der Waals surface area contributed by atoms with E-state index in [9.17, 15) is 14.0 Å². The molecule has 1 fully saturated rings. The van der Waals surface area contributed by atoms with Crippen molar-refractivity contribution in [3.8, 4) is 0 Å². The summed E-state index contributed by atoms with van der Waals surface area (Å²) in [5, 5.41) is 10.3. The number of likely N-dealkylation sites (tertiary alicyclic amines) is 1. The van der Waals surface area contributed by atoms with E-state index in [4.69, 9.17) is 5.11 Å². The van der Waals surface area contributed by atoms with Crippen LogP contribution in [0, 0.1) is 6.92 Å². The third-order valence-corrected chi connectivity index (χ3v) is 3.59. The Morgan fingerprint density at radius 3 is 2.82 bits per heavy atom. The maximum atomic E-state index is 13.8. The number of rotatable bonds is 2. The van der Waals surface area contributed by atoms with Gasteiger partial charge >= 0.3 is 5.97 Å². The standard InChI is InChI=1S/C10H11FN2O3S/c1-6-7(4-17-12-6)8(14)13-3-2-10(11,5-13)9(15)16/h4H,2-3,5H2,1H3,(H,15,16)/t10-/m1/s1. The molecule has 1 aliphatic rings. The Bertz CT molecular complexity index is 476. The van der Waals surface area contributed by atoms with Crippen LogP contribution in [-0.4, -0.2) is 45.0 Å². The highest BCUT2D eigenvalue weighted by Gasteiger charge is 2.47. The van der Waals surface area contributed by atoms with Gasteiger partial charge in [-0.2, -0.15) is 4.37 Å². The van der Waals surface area contributed by atoms with E-state index in [0.29, 0.717) is 11.3 Å². The molecule has 1 atom stereocenters. The first-order valence-electron chi connectivity index (χ1n) is 5.06. The van der Waals surface area contributed by atoms with Crippen molar-refractivity contribution in [1.82, 2.24) is 9.27 Å². The third kappa shape index (κ3) is 2.02. The Kier molecular flexibility index (Phi) is 2.86. The lowest BCUT2D eigenvalue weighted by molar-refractivity contribution is -0.149. The predicted octanol–water partition coefficient (Wildman–Crippen LogP) is 1.09. The fourth-order valence-electron chi connectivity index (χ4n) is 1.79. The number of aryl methyl sites for hydroxylation is 1. The molecule has 1 saturated heterocycles. The van der Waals surface area contributed by atoms with Crippen molar-refractivity contribution in [2.24, 2.45) is 0 Å². The number of aliphatic carboxylic acids is 1. The second-order valence-electron chi connectivity index (χ2n) is 4.06. The number of aromatic nitrogens is 1. The van der Waals surface area contributed by atoms with Gasteiger partial charge in [0.05, 0.1) is 17.8 Å². The van der Waals surface area contributed by atoms with Crippen LogP contribution in [0.4, 0.5) is 4.39 Å². The van der Waals surface area contributed by atoms with Crippen molar-refractivity contribution in [2.75, 3.05) is 13.1 Å². The minimum absolute atomic E-state index is 0.122. The maximum absolute atomic E-state index is 13.8. The van der Waals surface area contributed by atoms with Crippen molar-refractivity contribution < 1.29 is 19.1 Å². The molecule has 1 N–H and O–H groups in total. The molecule has 1 aliphatic heterocycles. The summed E-state index contributed by atoms with van der Waals surface area (Å²) in [5.41, 5.74) is -1.30. The molecule has 7 heteroatoms. The first kappa shape index (κ1) is 12.0. The topological polar surface area (TPSA) is 70.5 Å². The lowest BCUT2D eigenvalue weighted by atomic mass is 10.1. The number of hydrogen-bond donors (Lipinski definition) is 1. The first-order valence-corrected chi connectivity index (χ1v) is 5.90. The highest BCUT2D eigenvalue weighted by Crippen LogP contribution is 2.27. The average molecular weight is 258 g/mol. The van der Waals surface area contributed by atoms with Gasteiger partial charge in [0.1, 0.15) is 0 Å². The van der Waals surface area contributed by atoms with E-state index >= 15 is 0 Å². The molecule has 17 heavy (non-hydrogen) atoms. The maximum Gasteiger partial charge on any atom is 0.343 e. The van der Waals surface area contributed by atoms with Gasteiger partial charge in [0.15, 0.2) is 0 Å². The second-order valence-corrected chi connectivity index (χ2v) is 4.69. The number of carbonyl (C=O) groups is 2. The normalized spacial score (nSPS) is 24.0. The van der Waals surface area contributed by atoms with Crippen LogP contribution in [0.25, 0.3) is 0 Å². The van der Waals surface area contributed by atoms with E-state index in [1.807, 2.05) is 0 Å². The van der Waals surface area contributed by atoms with E-state index in [0.717, 1.165) is 11.5 Å². The highest BCUT2D eigenvalue weighted by atomic mass is 32.1. The molecule has 0 saturated carbocycles. The summed E-state index contributed by atoms with van der Waals surface area (Å²) < 4.78 is 17.7. The summed E-state index contributed by atoms with van der Waals surface area (Å²) in [5.74, 6) is -1.86. The molecule has 0 bridgehead atoms. The van der Waals surface area contributed by atoms with Gasteiger partial charge in [-0.3, -0.25) is 4.79 Å². The largest absolute Gasteiger partial charge is 0.479 e. The Balaban J connectivity index is 2.15. The molecule has 2 heterocycles. The molecule has 0 aromatic carbocycles. The Labute approximate surface area is 101 Å². The molecule has 0 radical (unpaired) electrons. The number of amides is 1. The van der Waals surface area contributed by atoms with Crippen LogP contribution in [0.15, 0.2) is 5.38 Å². The van der Waals surface area contributed by atoms with E-state index in [-0.39, 0.29) is 18.9 Å². The van der Waals surface area contributed by atoms with Gasteiger partial charge < -0.3 is 10.0 Å². The van der Waals surface area contributed by atoms with E-state index in [2.05, 4.69) is 4.37 Å². The molecular formula is C10H11FN2O3S. The van der Waals surface area contributed by atoms with Crippen LogP contribution in [0.5, 0.6) is 0 Å². The van der Waals surface area contributed by atoms with Crippen LogP contribution in [-0.2, 0) is 4.79 Å². The van der Waals surface area contributed by atoms with Gasteiger partial charge in [0.25, 0.3) is 5.91 Å². The molecule has 2 rings (SSSR count). The van der Waals surface area contributed by atoms with Gasteiger partial charge in [0.2, 0.25) is 5.67 Å². The van der Waals surface area contributed by atoms with Gasteiger partial charge in [-0.1, -0.05) is 0 Å². The Morgan fingerprint density at radius 1 is 1.65 bits per heavy atom. The number of carboxylic acids is 1. The highest BCUT2D eigenvalue weighted by molar-refractivity contribution is 7.03. The number of carbonyl (C=O) groups excluding carboxylic acids is 1. The molecule has 0 unspecified atom stereocenters. The fourth-order valence-corrected chi connectivity index (χ4v) is 2.47. The zero-order valence-electron chi connectivity index (χ0n) is 9.14. The van der Waals surface area contributed by atoms with Gasteiger partial charge in [-0.15, -0.1) is 0 Å². The summed E-state index contributed by atoms with van der Waals surface area (Å²) in [6, 6.07) is 0. The lowest BCUT2D eigenvalue weighted by Gasteiger charge is -2.17. The summed E-state index contributed by atoms with van der Waals surface area (Å²) in [6.45, 7) is 1.42. The molecule has 5 nitrogen and oxygen atoms in total. The Morgan fingerprint density at radius 2 is 2.35 bits per heavy atom. The molecular weight excluding hydrogens is 247 g/mol. The fraction of sp³-hybridized carbons (Fsp3) is 0.500. The molecule has 92 valence electrons. The summed E-state index contributed by atoms with van der Waals surface area (Å²) in [4.78, 5) is 23.9. The van der Waals surface area contributed by atoms with Crippen molar-refractivity contribution in [3.05, 3.63) is 16.6 Å². The summed E-state index contributed by atoms with van der Waals surface area (Å²) in [7, 11) is 0. The van der Waals surface area contributed by atoms with Gasteiger partial charge in [0, 0.05) is 18.3 Å². The van der Waals surface area contributed by atoms with Crippen LogP contribution in [0.3, 0.4) is 0 Å². The van der Waals surface area contributed by atoms with E-state index in [1.54, 1.807) is 12.3 Å². The van der Waals surface area contributed by atoms with Crippen LogP contribution < -0.4 is 0 Å². The monoisotopic (exact) mass is 258 g/mol. The zero-order valence-corrected chi connectivity index (χ0v) is 9.96. The zero-order chi connectivity index (χ0) is 12.6. The quantitative estimate of drug-likeness (QED) is 0.862. The third-order valence-electron chi connectivity index (χ3n) is 2.87. The summed E-state index contributed by atoms with van der Waals surface area (Å²) >= 11 is 1.15. The van der Waals surface area contributed by atoms with Crippen molar-refractivity contribution in [1.29, 1.82) is 0 Å². The van der Waals surface area contributed by atoms with Crippen molar-refractivity contribution in [2.45, 2.75) is 19.0 Å². The van der Waals surface area contributed by atoms with Crippen LogP contribution in [0.1, 0.15) is 22.5 Å². The van der Waals surface area contributed by atoms with Gasteiger partial charge in [-0.25, -0.2) is 9.18 Å². The smallest absolute Gasteiger partial charge is 0.343 e.